The van der Waals surface area contributed by atoms with Crippen LogP contribution >= 0.6 is 0 Å². The van der Waals surface area contributed by atoms with E-state index in [2.05, 4.69) is 4.72 Å². The molecule has 0 aliphatic carbocycles. The number of carbonyl (C=O) groups excluding carboxylic acids is 1. The van der Waals surface area contributed by atoms with E-state index in [0.717, 1.165) is 12.8 Å². The van der Waals surface area contributed by atoms with Gasteiger partial charge in [-0.15, -0.1) is 0 Å². The van der Waals surface area contributed by atoms with Crippen LogP contribution in [0, 0.1) is 0 Å². The van der Waals surface area contributed by atoms with Crippen LogP contribution in [0.15, 0.2) is 35.2 Å². The first-order chi connectivity index (χ1) is 9.02. The Bertz CT molecular complexity index is 485. The number of sulfonamides is 1. The van der Waals surface area contributed by atoms with E-state index in [1.54, 1.807) is 30.3 Å². The standard InChI is InChI=1S/C13H19NO4S/c15-13(16)10-6-1-2-7-11-14-19(17,18)12-8-4-3-5-9-12/h3-5,8-9,14H,1-2,6-7,10-11H2,(H,15,16)/p-1. The van der Waals surface area contributed by atoms with Crippen molar-refractivity contribution >= 4 is 16.0 Å². The number of carboxylic acid groups (broad SMARTS) is 1. The molecule has 0 spiro atoms. The first kappa shape index (κ1) is 15.7. The highest BCUT2D eigenvalue weighted by Crippen LogP contribution is 2.07. The van der Waals surface area contributed by atoms with Gasteiger partial charge in [0.1, 0.15) is 0 Å². The molecule has 0 bridgehead atoms. The minimum Gasteiger partial charge on any atom is -0.550 e. The zero-order valence-electron chi connectivity index (χ0n) is 10.7. The highest BCUT2D eigenvalue weighted by atomic mass is 32.2. The second-order valence-corrected chi connectivity index (χ2v) is 6.01. The highest BCUT2D eigenvalue weighted by molar-refractivity contribution is 7.89. The fourth-order valence-electron chi connectivity index (χ4n) is 1.64. The second-order valence-electron chi connectivity index (χ2n) is 4.25. The van der Waals surface area contributed by atoms with Crippen LogP contribution in [0.25, 0.3) is 0 Å². The molecule has 0 aromatic heterocycles. The molecule has 0 atom stereocenters. The molecule has 0 unspecified atom stereocenters. The fourth-order valence-corrected chi connectivity index (χ4v) is 2.73. The second kappa shape index (κ2) is 7.91. The van der Waals surface area contributed by atoms with E-state index < -0.39 is 16.0 Å². The Kier molecular flexibility index (Phi) is 6.52. The van der Waals surface area contributed by atoms with Gasteiger partial charge in [0.05, 0.1) is 4.90 Å². The van der Waals surface area contributed by atoms with Gasteiger partial charge in [0.15, 0.2) is 0 Å². The summed E-state index contributed by atoms with van der Waals surface area (Å²) < 4.78 is 26.1. The van der Waals surface area contributed by atoms with E-state index in [4.69, 9.17) is 0 Å². The minimum absolute atomic E-state index is 0.0652. The van der Waals surface area contributed by atoms with Crippen molar-refractivity contribution in [2.75, 3.05) is 6.54 Å². The van der Waals surface area contributed by atoms with E-state index in [1.165, 1.54) is 0 Å². The van der Waals surface area contributed by atoms with Crippen LogP contribution in [0.4, 0.5) is 0 Å². The van der Waals surface area contributed by atoms with Crippen LogP contribution in [0.2, 0.25) is 0 Å². The molecule has 0 heterocycles. The lowest BCUT2D eigenvalue weighted by Gasteiger charge is -2.06. The summed E-state index contributed by atoms with van der Waals surface area (Å²) in [6.07, 6.45) is 2.90. The van der Waals surface area contributed by atoms with Crippen LogP contribution < -0.4 is 9.83 Å². The number of rotatable bonds is 9. The Morgan fingerprint density at radius 3 is 2.32 bits per heavy atom. The van der Waals surface area contributed by atoms with Crippen LogP contribution in [0.3, 0.4) is 0 Å². The van der Waals surface area contributed by atoms with Gasteiger partial charge >= 0.3 is 0 Å². The van der Waals surface area contributed by atoms with Crippen LogP contribution in [0.1, 0.15) is 32.1 Å². The summed E-state index contributed by atoms with van der Waals surface area (Å²) in [7, 11) is -3.42. The van der Waals surface area contributed by atoms with Gasteiger partial charge in [-0.25, -0.2) is 13.1 Å². The average Bonchev–Trinajstić information content (AvgIpc) is 2.38. The SMILES string of the molecule is O=C([O-])CCCCCCNS(=O)(=O)c1ccccc1. The Balaban J connectivity index is 2.21. The summed E-state index contributed by atoms with van der Waals surface area (Å²) in [5.74, 6) is -1.04. The molecule has 19 heavy (non-hydrogen) atoms. The Morgan fingerprint density at radius 1 is 1.05 bits per heavy atom. The van der Waals surface area contributed by atoms with Gasteiger partial charge in [-0.05, 0) is 31.4 Å². The molecule has 0 amide bonds. The third-order valence-electron chi connectivity index (χ3n) is 2.65. The van der Waals surface area contributed by atoms with Crippen molar-refractivity contribution in [2.24, 2.45) is 0 Å². The topological polar surface area (TPSA) is 86.3 Å². The lowest BCUT2D eigenvalue weighted by atomic mass is 10.1. The number of unbranched alkanes of at least 4 members (excludes halogenated alkanes) is 3. The van der Waals surface area contributed by atoms with Crippen molar-refractivity contribution < 1.29 is 18.3 Å². The summed E-state index contributed by atoms with van der Waals surface area (Å²) in [4.78, 5) is 10.4. The summed E-state index contributed by atoms with van der Waals surface area (Å²) in [5, 5.41) is 10.2. The van der Waals surface area contributed by atoms with Gasteiger partial charge < -0.3 is 9.90 Å². The van der Waals surface area contributed by atoms with E-state index in [0.29, 0.717) is 19.4 Å². The minimum atomic E-state index is -3.42. The lowest BCUT2D eigenvalue weighted by Crippen LogP contribution is -2.24. The largest absolute Gasteiger partial charge is 0.550 e. The monoisotopic (exact) mass is 284 g/mol. The molecule has 6 heteroatoms. The predicted octanol–water partition coefficient (Wildman–Crippen LogP) is 0.665. The van der Waals surface area contributed by atoms with Crippen molar-refractivity contribution in [1.82, 2.24) is 4.72 Å². The molecule has 1 N–H and O–H groups in total. The first-order valence-electron chi connectivity index (χ1n) is 6.27. The number of aliphatic carboxylic acids is 1. The van der Waals surface area contributed by atoms with Crippen LogP contribution in [-0.4, -0.2) is 20.9 Å². The van der Waals surface area contributed by atoms with Crippen molar-refractivity contribution in [3.8, 4) is 0 Å². The predicted molar refractivity (Wildman–Crippen MR) is 69.7 cm³/mol. The van der Waals surface area contributed by atoms with Gasteiger partial charge in [0.25, 0.3) is 0 Å². The van der Waals surface area contributed by atoms with Crippen LogP contribution in [-0.2, 0) is 14.8 Å². The maximum absolute atomic E-state index is 11.8. The molecule has 5 nitrogen and oxygen atoms in total. The molecule has 0 fully saturated rings. The Morgan fingerprint density at radius 2 is 1.68 bits per heavy atom. The number of hydrogen-bond acceptors (Lipinski definition) is 4. The number of nitrogens with one attached hydrogen (secondary N) is 1. The van der Waals surface area contributed by atoms with Crippen molar-refractivity contribution in [1.29, 1.82) is 0 Å². The molecular weight excluding hydrogens is 266 g/mol. The molecule has 106 valence electrons. The van der Waals surface area contributed by atoms with Gasteiger partial charge in [-0.2, -0.15) is 0 Å². The number of carbonyl (C=O) groups is 1. The van der Waals surface area contributed by atoms with E-state index in [9.17, 15) is 18.3 Å². The van der Waals surface area contributed by atoms with E-state index >= 15 is 0 Å². The zero-order valence-corrected chi connectivity index (χ0v) is 11.5. The molecule has 1 rings (SSSR count). The van der Waals surface area contributed by atoms with Crippen molar-refractivity contribution in [3.63, 3.8) is 0 Å². The summed E-state index contributed by atoms with van der Waals surface area (Å²) in [6.45, 7) is 0.364. The van der Waals surface area contributed by atoms with Gasteiger partial charge in [-0.3, -0.25) is 0 Å². The highest BCUT2D eigenvalue weighted by Gasteiger charge is 2.11. The number of benzene rings is 1. The molecule has 0 saturated carbocycles. The Labute approximate surface area is 113 Å². The molecule has 0 saturated heterocycles. The smallest absolute Gasteiger partial charge is 0.240 e. The normalized spacial score (nSPS) is 11.4. The maximum atomic E-state index is 11.8. The molecule has 0 aliphatic rings. The number of carboxylic acids is 1. The summed E-state index contributed by atoms with van der Waals surface area (Å²) in [6, 6.07) is 8.20. The molecular formula is C13H18NO4S-. The van der Waals surface area contributed by atoms with Gasteiger partial charge in [-0.1, -0.05) is 31.0 Å². The van der Waals surface area contributed by atoms with Crippen molar-refractivity contribution in [2.45, 2.75) is 37.0 Å². The number of hydrogen-bond donors (Lipinski definition) is 1. The molecule has 1 aromatic carbocycles. The van der Waals surface area contributed by atoms with Crippen molar-refractivity contribution in [3.05, 3.63) is 30.3 Å². The maximum Gasteiger partial charge on any atom is 0.240 e. The lowest BCUT2D eigenvalue weighted by molar-refractivity contribution is -0.305. The van der Waals surface area contributed by atoms with E-state index in [1.807, 2.05) is 0 Å². The third-order valence-corrected chi connectivity index (χ3v) is 4.13. The fraction of sp³-hybridized carbons (Fsp3) is 0.462. The zero-order chi connectivity index (χ0) is 14.1. The Hall–Kier alpha value is -1.40. The third kappa shape index (κ3) is 6.35. The summed E-state index contributed by atoms with van der Waals surface area (Å²) in [5.41, 5.74) is 0. The van der Waals surface area contributed by atoms with Gasteiger partial charge in [0.2, 0.25) is 10.0 Å². The van der Waals surface area contributed by atoms with Gasteiger partial charge in [0, 0.05) is 12.5 Å². The quantitative estimate of drug-likeness (QED) is 0.675. The molecule has 0 radical (unpaired) electrons. The molecule has 1 aromatic rings. The van der Waals surface area contributed by atoms with Crippen LogP contribution in [0.5, 0.6) is 0 Å². The molecule has 0 aliphatic heterocycles. The summed E-state index contributed by atoms with van der Waals surface area (Å²) >= 11 is 0. The van der Waals surface area contributed by atoms with E-state index in [-0.39, 0.29) is 11.3 Å². The average molecular weight is 284 g/mol. The first-order valence-corrected chi connectivity index (χ1v) is 7.75.